The predicted molar refractivity (Wildman–Crippen MR) is 56.0 cm³/mol. The molecule has 0 aromatic heterocycles. The fourth-order valence-corrected chi connectivity index (χ4v) is 1.62. The molecule has 0 bridgehead atoms. The first kappa shape index (κ1) is 12.5. The Hall–Kier alpha value is -1.60. The molecule has 0 aliphatic carbocycles. The molecule has 16 heavy (non-hydrogen) atoms. The summed E-state index contributed by atoms with van der Waals surface area (Å²) in [6.07, 6.45) is -0.646. The second kappa shape index (κ2) is 4.95. The number of nitrogens with one attached hydrogen (secondary N) is 1. The number of rotatable bonds is 4. The van der Waals surface area contributed by atoms with Crippen molar-refractivity contribution in [3.05, 3.63) is 29.8 Å². The van der Waals surface area contributed by atoms with Crippen LogP contribution in [0.25, 0.3) is 0 Å². The van der Waals surface area contributed by atoms with Crippen LogP contribution in [0.1, 0.15) is 5.56 Å². The van der Waals surface area contributed by atoms with Crippen molar-refractivity contribution in [2.45, 2.75) is 11.3 Å². The molecule has 0 heterocycles. The van der Waals surface area contributed by atoms with E-state index in [2.05, 4.69) is 5.32 Å². The van der Waals surface area contributed by atoms with Gasteiger partial charge in [-0.05, 0) is 24.1 Å². The zero-order valence-electron chi connectivity index (χ0n) is 8.25. The van der Waals surface area contributed by atoms with Gasteiger partial charge in [0.25, 0.3) is 10.1 Å². The SMILES string of the molecule is O=C(O)NCCc1ccc(S(=O)(=O)O)cc1. The van der Waals surface area contributed by atoms with Crippen molar-refractivity contribution in [3.63, 3.8) is 0 Å². The van der Waals surface area contributed by atoms with Crippen molar-refractivity contribution in [1.29, 1.82) is 0 Å². The number of hydrogen-bond donors (Lipinski definition) is 3. The molecule has 0 saturated carbocycles. The van der Waals surface area contributed by atoms with Crippen LogP contribution >= 0.6 is 0 Å². The van der Waals surface area contributed by atoms with Crippen LogP contribution in [0.15, 0.2) is 29.2 Å². The van der Waals surface area contributed by atoms with Crippen LogP contribution in [-0.4, -0.2) is 30.7 Å². The van der Waals surface area contributed by atoms with Gasteiger partial charge in [-0.1, -0.05) is 12.1 Å². The van der Waals surface area contributed by atoms with E-state index in [1.165, 1.54) is 24.3 Å². The lowest BCUT2D eigenvalue weighted by Crippen LogP contribution is -2.23. The Morgan fingerprint density at radius 1 is 1.25 bits per heavy atom. The van der Waals surface area contributed by atoms with Crippen molar-refractivity contribution in [1.82, 2.24) is 5.32 Å². The smallest absolute Gasteiger partial charge is 0.404 e. The van der Waals surface area contributed by atoms with Crippen LogP contribution in [0.3, 0.4) is 0 Å². The molecule has 1 aromatic rings. The minimum absolute atomic E-state index is 0.178. The van der Waals surface area contributed by atoms with Crippen LogP contribution in [0.4, 0.5) is 4.79 Å². The van der Waals surface area contributed by atoms with Crippen molar-refractivity contribution < 1.29 is 22.9 Å². The Morgan fingerprint density at radius 2 is 1.81 bits per heavy atom. The highest BCUT2D eigenvalue weighted by Gasteiger charge is 2.08. The zero-order valence-corrected chi connectivity index (χ0v) is 9.07. The fraction of sp³-hybridized carbons (Fsp3) is 0.222. The number of carbonyl (C=O) groups is 1. The van der Waals surface area contributed by atoms with E-state index >= 15 is 0 Å². The molecular formula is C9H11NO5S. The maximum Gasteiger partial charge on any atom is 0.404 e. The van der Waals surface area contributed by atoms with Crippen LogP contribution in [0, 0.1) is 0 Å². The number of amides is 1. The summed E-state index contributed by atoms with van der Waals surface area (Å²) in [7, 11) is -4.16. The quantitative estimate of drug-likeness (QED) is 0.679. The summed E-state index contributed by atoms with van der Waals surface area (Å²) in [5.41, 5.74) is 0.779. The van der Waals surface area contributed by atoms with E-state index in [1.54, 1.807) is 0 Å². The van der Waals surface area contributed by atoms with E-state index in [-0.39, 0.29) is 11.4 Å². The monoisotopic (exact) mass is 245 g/mol. The predicted octanol–water partition coefficient (Wildman–Crippen LogP) is 0.743. The van der Waals surface area contributed by atoms with E-state index in [9.17, 15) is 13.2 Å². The zero-order chi connectivity index (χ0) is 12.2. The van der Waals surface area contributed by atoms with Gasteiger partial charge in [0.2, 0.25) is 0 Å². The summed E-state index contributed by atoms with van der Waals surface area (Å²) in [6.45, 7) is 0.251. The van der Waals surface area contributed by atoms with E-state index in [1.807, 2.05) is 0 Å². The molecule has 6 nitrogen and oxygen atoms in total. The maximum absolute atomic E-state index is 10.7. The molecule has 0 unspecified atom stereocenters. The first-order valence-electron chi connectivity index (χ1n) is 4.43. The summed E-state index contributed by atoms with van der Waals surface area (Å²) < 4.78 is 30.1. The highest BCUT2D eigenvalue weighted by atomic mass is 32.2. The van der Waals surface area contributed by atoms with Gasteiger partial charge < -0.3 is 10.4 Å². The van der Waals surface area contributed by atoms with Gasteiger partial charge in [-0.25, -0.2) is 4.79 Å². The summed E-state index contributed by atoms with van der Waals surface area (Å²) in [6, 6.07) is 5.58. The lowest BCUT2D eigenvalue weighted by atomic mass is 10.1. The van der Waals surface area contributed by atoms with E-state index in [4.69, 9.17) is 9.66 Å². The molecule has 0 fully saturated rings. The van der Waals surface area contributed by atoms with Crippen LogP contribution in [0.2, 0.25) is 0 Å². The van der Waals surface area contributed by atoms with Gasteiger partial charge in [0, 0.05) is 6.54 Å². The van der Waals surface area contributed by atoms with Gasteiger partial charge in [-0.2, -0.15) is 8.42 Å². The highest BCUT2D eigenvalue weighted by Crippen LogP contribution is 2.10. The Labute approximate surface area is 92.7 Å². The number of hydrogen-bond acceptors (Lipinski definition) is 3. The number of benzene rings is 1. The molecule has 0 saturated heterocycles. The Bertz CT molecular complexity index is 465. The van der Waals surface area contributed by atoms with Crippen LogP contribution in [0.5, 0.6) is 0 Å². The van der Waals surface area contributed by atoms with Crippen LogP contribution < -0.4 is 5.32 Å². The van der Waals surface area contributed by atoms with Gasteiger partial charge in [-0.15, -0.1) is 0 Å². The van der Waals surface area contributed by atoms with E-state index < -0.39 is 16.2 Å². The molecule has 1 rings (SSSR count). The fourth-order valence-electron chi connectivity index (χ4n) is 1.14. The average Bonchev–Trinajstić information content (AvgIpc) is 2.16. The first-order chi connectivity index (χ1) is 7.39. The molecule has 1 aromatic carbocycles. The molecule has 1 amide bonds. The van der Waals surface area contributed by atoms with Gasteiger partial charge in [0.05, 0.1) is 4.90 Å². The highest BCUT2D eigenvalue weighted by molar-refractivity contribution is 7.85. The third-order valence-corrected chi connectivity index (χ3v) is 2.78. The largest absolute Gasteiger partial charge is 0.465 e. The Balaban J connectivity index is 2.62. The van der Waals surface area contributed by atoms with Gasteiger partial charge in [-0.3, -0.25) is 4.55 Å². The number of carboxylic acid groups (broad SMARTS) is 1. The normalized spacial score (nSPS) is 11.1. The van der Waals surface area contributed by atoms with Crippen molar-refractivity contribution in [2.24, 2.45) is 0 Å². The van der Waals surface area contributed by atoms with Crippen molar-refractivity contribution in [3.8, 4) is 0 Å². The minimum atomic E-state index is -4.16. The molecule has 0 spiro atoms. The van der Waals surface area contributed by atoms with Crippen LogP contribution in [-0.2, 0) is 16.5 Å². The summed E-state index contributed by atoms with van der Waals surface area (Å²) in [5, 5.41) is 10.5. The topological polar surface area (TPSA) is 104 Å². The van der Waals surface area contributed by atoms with Gasteiger partial charge in [0.1, 0.15) is 0 Å². The van der Waals surface area contributed by atoms with E-state index in [0.29, 0.717) is 6.42 Å². The Morgan fingerprint density at radius 3 is 2.25 bits per heavy atom. The van der Waals surface area contributed by atoms with Gasteiger partial charge in [0.15, 0.2) is 0 Å². The molecule has 0 radical (unpaired) electrons. The maximum atomic E-state index is 10.7. The molecule has 88 valence electrons. The van der Waals surface area contributed by atoms with E-state index in [0.717, 1.165) is 5.56 Å². The summed E-state index contributed by atoms with van der Waals surface area (Å²) >= 11 is 0. The first-order valence-corrected chi connectivity index (χ1v) is 5.87. The molecule has 0 atom stereocenters. The average molecular weight is 245 g/mol. The third-order valence-electron chi connectivity index (χ3n) is 1.91. The second-order valence-corrected chi connectivity index (χ2v) is 4.52. The minimum Gasteiger partial charge on any atom is -0.465 e. The van der Waals surface area contributed by atoms with Crippen molar-refractivity contribution >= 4 is 16.2 Å². The second-order valence-electron chi connectivity index (χ2n) is 3.10. The third kappa shape index (κ3) is 3.87. The standard InChI is InChI=1S/C9H11NO5S/c11-9(12)10-6-5-7-1-3-8(4-2-7)16(13,14)15/h1-4,10H,5-6H2,(H,11,12)(H,13,14,15). The molecule has 0 aliphatic rings. The summed E-state index contributed by atoms with van der Waals surface area (Å²) in [5.74, 6) is 0. The molecular weight excluding hydrogens is 234 g/mol. The molecule has 3 N–H and O–H groups in total. The lowest BCUT2D eigenvalue weighted by Gasteiger charge is -2.02. The Kier molecular flexibility index (Phi) is 3.86. The summed E-state index contributed by atoms with van der Waals surface area (Å²) in [4.78, 5) is 9.97. The lowest BCUT2D eigenvalue weighted by molar-refractivity contribution is 0.194. The van der Waals surface area contributed by atoms with Crippen molar-refractivity contribution in [2.75, 3.05) is 6.54 Å². The molecule has 0 aliphatic heterocycles. The molecule has 7 heteroatoms. The van der Waals surface area contributed by atoms with Gasteiger partial charge >= 0.3 is 6.09 Å².